The van der Waals surface area contributed by atoms with Crippen LogP contribution in [0, 0.1) is 17.6 Å². The first-order chi connectivity index (χ1) is 16.5. The second-order valence-electron chi connectivity index (χ2n) is 9.24. The van der Waals surface area contributed by atoms with E-state index in [0.29, 0.717) is 31.9 Å². The summed E-state index contributed by atoms with van der Waals surface area (Å²) in [5, 5.41) is 0. The molecule has 0 unspecified atom stereocenters. The number of nitrogens with zero attached hydrogens (tertiary/aromatic N) is 5. The summed E-state index contributed by atoms with van der Waals surface area (Å²) < 4.78 is 29.6. The Hall–Kier alpha value is -3.00. The predicted octanol–water partition coefficient (Wildman–Crippen LogP) is 3.90. The Kier molecular flexibility index (Phi) is 6.50. The summed E-state index contributed by atoms with van der Waals surface area (Å²) in [7, 11) is 0. The molecule has 0 N–H and O–H groups in total. The van der Waals surface area contributed by atoms with Crippen molar-refractivity contribution >= 4 is 22.6 Å². The number of benzene rings is 2. The van der Waals surface area contributed by atoms with Gasteiger partial charge >= 0.3 is 0 Å². The SMILES string of the molecule is CCn1c(CN2CCC[C@@H](C(=O)N3CCN(c4ccc(F)cc4F)CC3)C2)nc2ccccc21. The van der Waals surface area contributed by atoms with Crippen LogP contribution >= 0.6 is 0 Å². The maximum atomic E-state index is 14.2. The van der Waals surface area contributed by atoms with E-state index in [2.05, 4.69) is 22.5 Å². The third-order valence-electron chi connectivity index (χ3n) is 7.11. The fourth-order valence-corrected chi connectivity index (χ4v) is 5.36. The number of aromatic nitrogens is 2. The number of amides is 1. The minimum absolute atomic E-state index is 0.0256. The quantitative estimate of drug-likeness (QED) is 0.571. The number of hydrogen-bond acceptors (Lipinski definition) is 4. The highest BCUT2D eigenvalue weighted by atomic mass is 19.1. The molecule has 2 saturated heterocycles. The monoisotopic (exact) mass is 467 g/mol. The zero-order valence-corrected chi connectivity index (χ0v) is 19.6. The van der Waals surface area contributed by atoms with Gasteiger partial charge in [0, 0.05) is 45.3 Å². The number of carbonyl (C=O) groups is 1. The molecule has 3 heterocycles. The minimum Gasteiger partial charge on any atom is -0.366 e. The van der Waals surface area contributed by atoms with E-state index in [1.54, 1.807) is 0 Å². The Morgan fingerprint density at radius 2 is 1.85 bits per heavy atom. The van der Waals surface area contributed by atoms with Crippen molar-refractivity contribution in [3.05, 3.63) is 59.9 Å². The first kappa shape index (κ1) is 22.8. The number of carbonyl (C=O) groups excluding carboxylic acids is 1. The number of imidazole rings is 1. The molecular weight excluding hydrogens is 436 g/mol. The van der Waals surface area contributed by atoms with Gasteiger partial charge in [-0.25, -0.2) is 13.8 Å². The maximum absolute atomic E-state index is 14.2. The molecule has 6 nitrogen and oxygen atoms in total. The molecular formula is C26H31F2N5O. The number of rotatable bonds is 5. The number of piperazine rings is 1. The average Bonchev–Trinajstić information content (AvgIpc) is 3.21. The first-order valence-electron chi connectivity index (χ1n) is 12.2. The van der Waals surface area contributed by atoms with Crippen molar-refractivity contribution in [3.63, 3.8) is 0 Å². The summed E-state index contributed by atoms with van der Waals surface area (Å²) in [5.41, 5.74) is 2.57. The maximum Gasteiger partial charge on any atom is 0.227 e. The van der Waals surface area contributed by atoms with E-state index >= 15 is 0 Å². The van der Waals surface area contributed by atoms with Crippen LogP contribution in [0.4, 0.5) is 14.5 Å². The van der Waals surface area contributed by atoms with E-state index in [1.165, 1.54) is 12.1 Å². The van der Waals surface area contributed by atoms with E-state index in [9.17, 15) is 13.6 Å². The zero-order valence-electron chi connectivity index (χ0n) is 19.6. The Morgan fingerprint density at radius 3 is 2.62 bits per heavy atom. The van der Waals surface area contributed by atoms with Crippen LogP contribution in [0.5, 0.6) is 0 Å². The summed E-state index contributed by atoms with van der Waals surface area (Å²) in [6.07, 6.45) is 1.88. The van der Waals surface area contributed by atoms with Crippen molar-refractivity contribution in [2.75, 3.05) is 44.2 Å². The van der Waals surface area contributed by atoms with E-state index in [1.807, 2.05) is 28.0 Å². The van der Waals surface area contributed by atoms with Gasteiger partial charge in [-0.2, -0.15) is 0 Å². The highest BCUT2D eigenvalue weighted by molar-refractivity contribution is 5.79. The van der Waals surface area contributed by atoms with Crippen molar-refractivity contribution in [2.24, 2.45) is 5.92 Å². The van der Waals surface area contributed by atoms with Gasteiger partial charge in [-0.1, -0.05) is 12.1 Å². The molecule has 5 rings (SSSR count). The van der Waals surface area contributed by atoms with E-state index in [-0.39, 0.29) is 11.8 Å². The lowest BCUT2D eigenvalue weighted by atomic mass is 9.96. The zero-order chi connectivity index (χ0) is 23.7. The van der Waals surface area contributed by atoms with Crippen LogP contribution in [-0.2, 0) is 17.9 Å². The summed E-state index contributed by atoms with van der Waals surface area (Å²) in [5.74, 6) is 0.0780. The Balaban J connectivity index is 1.20. The van der Waals surface area contributed by atoms with E-state index in [0.717, 1.165) is 61.9 Å². The molecule has 3 aromatic rings. The number of fused-ring (bicyclic) bond motifs is 1. The van der Waals surface area contributed by atoms with Gasteiger partial charge in [0.1, 0.15) is 17.5 Å². The van der Waals surface area contributed by atoms with Crippen LogP contribution in [0.1, 0.15) is 25.6 Å². The van der Waals surface area contributed by atoms with Gasteiger partial charge in [0.05, 0.1) is 29.2 Å². The standard InChI is InChI=1S/C26H31F2N5O/c1-2-33-24-8-4-3-7-22(24)29-25(33)18-30-11-5-6-19(17-30)26(34)32-14-12-31(13-15-32)23-10-9-20(27)16-21(23)28/h3-4,7-10,16,19H,2,5-6,11-15,17-18H2,1H3/t19-/m1/s1. The molecule has 1 aromatic heterocycles. The van der Waals surface area contributed by atoms with E-state index in [4.69, 9.17) is 4.98 Å². The lowest BCUT2D eigenvalue weighted by Crippen LogP contribution is -2.52. The van der Waals surface area contributed by atoms with Crippen LogP contribution in [0.15, 0.2) is 42.5 Å². The Labute approximate surface area is 198 Å². The van der Waals surface area contributed by atoms with Crippen LogP contribution in [-0.4, -0.2) is 64.5 Å². The number of piperidine rings is 1. The minimum atomic E-state index is -0.577. The molecule has 0 saturated carbocycles. The number of halogens is 2. The van der Waals surface area contributed by atoms with Gasteiger partial charge in [0.15, 0.2) is 0 Å². The summed E-state index contributed by atoms with van der Waals surface area (Å²) in [6, 6.07) is 11.9. The van der Waals surface area contributed by atoms with Crippen molar-refractivity contribution in [2.45, 2.75) is 32.9 Å². The molecule has 2 aliphatic heterocycles. The molecule has 0 radical (unpaired) electrons. The van der Waals surface area contributed by atoms with Gasteiger partial charge in [-0.05, 0) is 50.6 Å². The number of hydrogen-bond donors (Lipinski definition) is 0. The lowest BCUT2D eigenvalue weighted by molar-refractivity contribution is -0.137. The van der Waals surface area contributed by atoms with Crippen molar-refractivity contribution in [1.82, 2.24) is 19.4 Å². The second-order valence-corrected chi connectivity index (χ2v) is 9.24. The van der Waals surface area contributed by atoms with Gasteiger partial charge in [0.2, 0.25) is 5.91 Å². The van der Waals surface area contributed by atoms with Gasteiger partial charge in [-0.15, -0.1) is 0 Å². The molecule has 0 spiro atoms. The fraction of sp³-hybridized carbons (Fsp3) is 0.462. The molecule has 34 heavy (non-hydrogen) atoms. The van der Waals surface area contributed by atoms with Gasteiger partial charge < -0.3 is 14.4 Å². The average molecular weight is 468 g/mol. The predicted molar refractivity (Wildman–Crippen MR) is 129 cm³/mol. The third-order valence-corrected chi connectivity index (χ3v) is 7.11. The number of anilines is 1. The smallest absolute Gasteiger partial charge is 0.227 e. The summed E-state index contributed by atoms with van der Waals surface area (Å²) >= 11 is 0. The Morgan fingerprint density at radius 1 is 1.06 bits per heavy atom. The Bertz CT molecular complexity index is 1170. The molecule has 2 fully saturated rings. The van der Waals surface area contributed by atoms with Crippen molar-refractivity contribution in [3.8, 4) is 0 Å². The largest absolute Gasteiger partial charge is 0.366 e. The van der Waals surface area contributed by atoms with Crippen molar-refractivity contribution in [1.29, 1.82) is 0 Å². The second kappa shape index (κ2) is 9.70. The number of para-hydroxylation sites is 2. The number of aryl methyl sites for hydroxylation is 1. The molecule has 2 aliphatic rings. The molecule has 0 bridgehead atoms. The third kappa shape index (κ3) is 4.51. The molecule has 1 atom stereocenters. The van der Waals surface area contributed by atoms with Crippen LogP contribution in [0.25, 0.3) is 11.0 Å². The highest BCUT2D eigenvalue weighted by Crippen LogP contribution is 2.25. The van der Waals surface area contributed by atoms with Gasteiger partial charge in [0.25, 0.3) is 0 Å². The van der Waals surface area contributed by atoms with E-state index < -0.39 is 11.6 Å². The van der Waals surface area contributed by atoms with Gasteiger partial charge in [-0.3, -0.25) is 9.69 Å². The molecule has 0 aliphatic carbocycles. The lowest BCUT2D eigenvalue weighted by Gasteiger charge is -2.39. The number of likely N-dealkylation sites (tertiary alicyclic amines) is 1. The van der Waals surface area contributed by atoms with Crippen LogP contribution in [0.3, 0.4) is 0 Å². The van der Waals surface area contributed by atoms with Crippen molar-refractivity contribution < 1.29 is 13.6 Å². The molecule has 2 aromatic carbocycles. The van der Waals surface area contributed by atoms with Crippen LogP contribution < -0.4 is 4.90 Å². The summed E-state index contributed by atoms with van der Waals surface area (Å²) in [4.78, 5) is 24.3. The molecule has 8 heteroatoms. The molecule has 180 valence electrons. The van der Waals surface area contributed by atoms with Crippen LogP contribution in [0.2, 0.25) is 0 Å². The topological polar surface area (TPSA) is 44.6 Å². The normalized spacial score (nSPS) is 19.7. The molecule has 1 amide bonds. The first-order valence-corrected chi connectivity index (χ1v) is 12.2. The highest BCUT2D eigenvalue weighted by Gasteiger charge is 2.32. The fourth-order valence-electron chi connectivity index (χ4n) is 5.36. The summed E-state index contributed by atoms with van der Waals surface area (Å²) in [6.45, 7) is 7.64.